The fourth-order valence-electron chi connectivity index (χ4n) is 1.36. The van der Waals surface area contributed by atoms with Crippen LogP contribution >= 0.6 is 0 Å². The maximum Gasteiger partial charge on any atom is 0.337 e. The molecule has 0 fully saturated rings. The maximum atomic E-state index is 13.0. The number of benzene rings is 1. The average Bonchev–Trinajstić information content (AvgIpc) is 2.23. The number of carbonyl (C=O) groups is 1. The Labute approximate surface area is 92.3 Å². The van der Waals surface area contributed by atoms with E-state index in [1.807, 2.05) is 0 Å². The first-order chi connectivity index (χ1) is 7.56. The number of aryl methyl sites for hydroxylation is 1. The highest BCUT2D eigenvalue weighted by atomic mass is 19.1. The summed E-state index contributed by atoms with van der Waals surface area (Å²) in [6.07, 6.45) is -1.25. The molecule has 1 unspecified atom stereocenters. The molecule has 4 nitrogen and oxygen atoms in total. The van der Waals surface area contributed by atoms with Crippen molar-refractivity contribution in [3.63, 3.8) is 0 Å². The van der Waals surface area contributed by atoms with Crippen LogP contribution in [0.5, 0.6) is 0 Å². The lowest BCUT2D eigenvalue weighted by Crippen LogP contribution is -2.18. The van der Waals surface area contributed by atoms with Crippen LogP contribution in [0.15, 0.2) is 18.2 Å². The largest absolute Gasteiger partial charge is 0.479 e. The first kappa shape index (κ1) is 12.6. The number of hydrogen-bond donors (Lipinski definition) is 2. The Morgan fingerprint density at radius 1 is 1.56 bits per heavy atom. The Hall–Kier alpha value is -1.46. The van der Waals surface area contributed by atoms with E-state index in [2.05, 4.69) is 0 Å². The van der Waals surface area contributed by atoms with E-state index in [-0.39, 0.29) is 18.8 Å². The van der Waals surface area contributed by atoms with Crippen molar-refractivity contribution in [3.8, 4) is 0 Å². The fourth-order valence-corrected chi connectivity index (χ4v) is 1.36. The summed E-state index contributed by atoms with van der Waals surface area (Å²) in [6, 6.07) is 3.87. The number of halogens is 1. The highest BCUT2D eigenvalue weighted by Crippen LogP contribution is 2.22. The summed E-state index contributed by atoms with van der Waals surface area (Å²) in [5, 5.41) is 17.5. The molecule has 0 heterocycles. The predicted molar refractivity (Wildman–Crippen MR) is 54.6 cm³/mol. The smallest absolute Gasteiger partial charge is 0.337 e. The summed E-state index contributed by atoms with van der Waals surface area (Å²) in [6.45, 7) is 1.29. The van der Waals surface area contributed by atoms with Crippen molar-refractivity contribution in [2.45, 2.75) is 13.0 Å². The van der Waals surface area contributed by atoms with Crippen molar-refractivity contribution in [1.29, 1.82) is 0 Å². The van der Waals surface area contributed by atoms with Gasteiger partial charge in [0.1, 0.15) is 5.82 Å². The van der Waals surface area contributed by atoms with Crippen LogP contribution in [0.1, 0.15) is 17.2 Å². The SMILES string of the molecule is Cc1ccc(F)cc1C(OCCO)C(=O)O. The van der Waals surface area contributed by atoms with Crippen molar-refractivity contribution in [1.82, 2.24) is 0 Å². The van der Waals surface area contributed by atoms with Gasteiger partial charge in [0.2, 0.25) is 0 Å². The van der Waals surface area contributed by atoms with Crippen molar-refractivity contribution < 1.29 is 24.1 Å². The van der Waals surface area contributed by atoms with E-state index in [0.717, 1.165) is 6.07 Å². The van der Waals surface area contributed by atoms with E-state index < -0.39 is 17.9 Å². The number of rotatable bonds is 5. The Bertz CT molecular complexity index is 378. The molecular formula is C11H13FO4. The monoisotopic (exact) mass is 228 g/mol. The van der Waals surface area contributed by atoms with Crippen LogP contribution in [0.2, 0.25) is 0 Å². The number of aliphatic hydroxyl groups is 1. The highest BCUT2D eigenvalue weighted by molar-refractivity contribution is 5.75. The van der Waals surface area contributed by atoms with E-state index in [1.165, 1.54) is 12.1 Å². The molecule has 0 aliphatic carbocycles. The minimum Gasteiger partial charge on any atom is -0.479 e. The zero-order valence-corrected chi connectivity index (χ0v) is 8.81. The third kappa shape index (κ3) is 3.01. The summed E-state index contributed by atoms with van der Waals surface area (Å²) in [5.41, 5.74) is 0.896. The molecule has 2 N–H and O–H groups in total. The van der Waals surface area contributed by atoms with Gasteiger partial charge in [0.05, 0.1) is 13.2 Å². The van der Waals surface area contributed by atoms with Gasteiger partial charge in [-0.05, 0) is 30.2 Å². The van der Waals surface area contributed by atoms with Gasteiger partial charge in [0, 0.05) is 0 Å². The molecule has 0 aliphatic heterocycles. The minimum atomic E-state index is -1.25. The van der Waals surface area contributed by atoms with Gasteiger partial charge in [-0.3, -0.25) is 0 Å². The van der Waals surface area contributed by atoms with Crippen LogP contribution in [0.4, 0.5) is 4.39 Å². The number of aliphatic hydroxyl groups excluding tert-OH is 1. The molecule has 0 aliphatic rings. The summed E-state index contributed by atoms with van der Waals surface area (Å²) >= 11 is 0. The maximum absolute atomic E-state index is 13.0. The van der Waals surface area contributed by atoms with E-state index in [1.54, 1.807) is 6.92 Å². The van der Waals surface area contributed by atoms with Crippen LogP contribution in [0.25, 0.3) is 0 Å². The second-order valence-corrected chi connectivity index (χ2v) is 3.31. The normalized spacial score (nSPS) is 12.4. The number of carboxylic acids is 1. The van der Waals surface area contributed by atoms with Crippen molar-refractivity contribution in [2.24, 2.45) is 0 Å². The number of hydrogen-bond acceptors (Lipinski definition) is 3. The van der Waals surface area contributed by atoms with E-state index in [4.69, 9.17) is 14.9 Å². The van der Waals surface area contributed by atoms with Gasteiger partial charge in [0.25, 0.3) is 0 Å². The van der Waals surface area contributed by atoms with Crippen molar-refractivity contribution in [2.75, 3.05) is 13.2 Å². The molecule has 1 aromatic carbocycles. The van der Waals surface area contributed by atoms with Crippen LogP contribution < -0.4 is 0 Å². The highest BCUT2D eigenvalue weighted by Gasteiger charge is 2.22. The van der Waals surface area contributed by atoms with Gasteiger partial charge in [-0.25, -0.2) is 9.18 Å². The molecule has 0 radical (unpaired) electrons. The van der Waals surface area contributed by atoms with Gasteiger partial charge in [-0.15, -0.1) is 0 Å². The Morgan fingerprint density at radius 3 is 2.81 bits per heavy atom. The molecule has 1 atom stereocenters. The van der Waals surface area contributed by atoms with E-state index in [0.29, 0.717) is 5.56 Å². The molecule has 88 valence electrons. The van der Waals surface area contributed by atoms with Gasteiger partial charge in [0.15, 0.2) is 6.10 Å². The first-order valence-corrected chi connectivity index (χ1v) is 4.77. The molecule has 1 rings (SSSR count). The lowest BCUT2D eigenvalue weighted by atomic mass is 10.0. The summed E-state index contributed by atoms with van der Waals surface area (Å²) in [5.74, 6) is -1.72. The summed E-state index contributed by atoms with van der Waals surface area (Å²) in [4.78, 5) is 10.9. The first-order valence-electron chi connectivity index (χ1n) is 4.77. The Morgan fingerprint density at radius 2 is 2.25 bits per heavy atom. The molecular weight excluding hydrogens is 215 g/mol. The fraction of sp³-hybridized carbons (Fsp3) is 0.364. The Balaban J connectivity index is 3.00. The topological polar surface area (TPSA) is 66.8 Å². The van der Waals surface area contributed by atoms with Crippen LogP contribution in [0, 0.1) is 12.7 Å². The van der Waals surface area contributed by atoms with E-state index in [9.17, 15) is 9.18 Å². The Kier molecular flexibility index (Phi) is 4.39. The van der Waals surface area contributed by atoms with Gasteiger partial charge >= 0.3 is 5.97 Å². The molecule has 0 bridgehead atoms. The molecule has 0 spiro atoms. The molecule has 16 heavy (non-hydrogen) atoms. The van der Waals surface area contributed by atoms with Crippen LogP contribution in [-0.4, -0.2) is 29.4 Å². The number of ether oxygens (including phenoxy) is 1. The minimum absolute atomic E-state index is 0.104. The zero-order valence-electron chi connectivity index (χ0n) is 8.81. The molecule has 1 aromatic rings. The van der Waals surface area contributed by atoms with Crippen LogP contribution in [0.3, 0.4) is 0 Å². The van der Waals surface area contributed by atoms with Crippen molar-refractivity contribution >= 4 is 5.97 Å². The quantitative estimate of drug-likeness (QED) is 0.796. The molecule has 0 saturated carbocycles. The third-order valence-electron chi connectivity index (χ3n) is 2.12. The molecule has 0 saturated heterocycles. The number of aliphatic carboxylic acids is 1. The van der Waals surface area contributed by atoms with Gasteiger partial charge in [-0.2, -0.15) is 0 Å². The summed E-state index contributed by atoms with van der Waals surface area (Å²) < 4.78 is 18.0. The average molecular weight is 228 g/mol. The third-order valence-corrected chi connectivity index (χ3v) is 2.12. The lowest BCUT2D eigenvalue weighted by Gasteiger charge is -2.15. The molecule has 0 aromatic heterocycles. The lowest BCUT2D eigenvalue weighted by molar-refractivity contribution is -0.151. The van der Waals surface area contributed by atoms with Crippen molar-refractivity contribution in [3.05, 3.63) is 35.1 Å². The standard InChI is InChI=1S/C11H13FO4/c1-7-2-3-8(12)6-9(7)10(11(14)15)16-5-4-13/h2-3,6,10,13H,4-5H2,1H3,(H,14,15). The zero-order chi connectivity index (χ0) is 12.1. The van der Waals surface area contributed by atoms with Gasteiger partial charge in [-0.1, -0.05) is 6.07 Å². The molecule has 0 amide bonds. The van der Waals surface area contributed by atoms with Gasteiger partial charge < -0.3 is 14.9 Å². The number of carboxylic acid groups (broad SMARTS) is 1. The van der Waals surface area contributed by atoms with Crippen LogP contribution in [-0.2, 0) is 9.53 Å². The second kappa shape index (κ2) is 5.58. The molecule has 5 heteroatoms. The summed E-state index contributed by atoms with van der Waals surface area (Å²) in [7, 11) is 0. The van der Waals surface area contributed by atoms with E-state index >= 15 is 0 Å². The predicted octanol–water partition coefficient (Wildman–Crippen LogP) is 1.27. The second-order valence-electron chi connectivity index (χ2n) is 3.31.